The van der Waals surface area contributed by atoms with Crippen LogP contribution in [0.3, 0.4) is 0 Å². The van der Waals surface area contributed by atoms with Crippen LogP contribution in [-0.2, 0) is 26.2 Å². The molecule has 0 aliphatic heterocycles. The Morgan fingerprint density at radius 2 is 1.59 bits per heavy atom. The number of nitrogens with one attached hydrogen (secondary N) is 1. The first kappa shape index (κ1) is 28.4. The summed E-state index contributed by atoms with van der Waals surface area (Å²) in [4.78, 5) is 28.9. The number of amides is 2. The molecule has 0 heterocycles. The molecule has 0 bridgehead atoms. The third kappa shape index (κ3) is 6.87. The van der Waals surface area contributed by atoms with E-state index in [9.17, 15) is 18.0 Å². The molecule has 206 valence electrons. The lowest BCUT2D eigenvalue weighted by Gasteiger charge is -2.33. The fourth-order valence-corrected chi connectivity index (χ4v) is 6.40. The monoisotopic (exact) mass is 547 g/mol. The fraction of sp³-hybridized carbons (Fsp3) is 0.355. The third-order valence-electron chi connectivity index (χ3n) is 7.37. The van der Waals surface area contributed by atoms with E-state index in [2.05, 4.69) is 5.32 Å². The summed E-state index contributed by atoms with van der Waals surface area (Å²) in [6.45, 7) is 5.30. The van der Waals surface area contributed by atoms with E-state index in [4.69, 9.17) is 0 Å². The Hall–Kier alpha value is -3.65. The van der Waals surface area contributed by atoms with Gasteiger partial charge in [0.15, 0.2) is 0 Å². The van der Waals surface area contributed by atoms with Crippen LogP contribution in [0.1, 0.15) is 49.3 Å². The molecule has 1 atom stereocenters. The Morgan fingerprint density at radius 3 is 2.26 bits per heavy atom. The Bertz CT molecular complexity index is 1400. The second kappa shape index (κ2) is 12.5. The molecule has 8 heteroatoms. The average molecular weight is 548 g/mol. The fourth-order valence-electron chi connectivity index (χ4n) is 4.98. The summed E-state index contributed by atoms with van der Waals surface area (Å²) in [6, 6.07) is 22.2. The molecule has 4 rings (SSSR count). The van der Waals surface area contributed by atoms with Gasteiger partial charge in [0.25, 0.3) is 10.0 Å². The van der Waals surface area contributed by atoms with E-state index in [0.29, 0.717) is 5.69 Å². The van der Waals surface area contributed by atoms with Gasteiger partial charge in [0.2, 0.25) is 11.8 Å². The second-order valence-corrected chi connectivity index (χ2v) is 12.1. The zero-order valence-corrected chi connectivity index (χ0v) is 23.7. The van der Waals surface area contributed by atoms with Crippen molar-refractivity contribution in [2.75, 3.05) is 10.8 Å². The molecule has 1 aliphatic rings. The van der Waals surface area contributed by atoms with Crippen LogP contribution in [0, 0.1) is 13.8 Å². The number of carbonyl (C=O) groups is 2. The number of anilines is 1. The van der Waals surface area contributed by atoms with Gasteiger partial charge in [-0.1, -0.05) is 67.4 Å². The highest BCUT2D eigenvalue weighted by Gasteiger charge is 2.33. The quantitative estimate of drug-likeness (QED) is 0.388. The van der Waals surface area contributed by atoms with E-state index in [1.54, 1.807) is 43.3 Å². The van der Waals surface area contributed by atoms with Crippen molar-refractivity contribution in [2.24, 2.45) is 0 Å². The largest absolute Gasteiger partial charge is 0.352 e. The van der Waals surface area contributed by atoms with Crippen molar-refractivity contribution >= 4 is 27.5 Å². The first-order valence-corrected chi connectivity index (χ1v) is 14.9. The van der Waals surface area contributed by atoms with E-state index in [1.807, 2.05) is 44.2 Å². The number of rotatable bonds is 10. The summed E-state index contributed by atoms with van der Waals surface area (Å²) < 4.78 is 28.8. The minimum Gasteiger partial charge on any atom is -0.352 e. The molecule has 1 saturated carbocycles. The van der Waals surface area contributed by atoms with Gasteiger partial charge in [0.05, 0.1) is 10.6 Å². The van der Waals surface area contributed by atoms with Gasteiger partial charge in [-0.2, -0.15) is 0 Å². The van der Waals surface area contributed by atoms with E-state index in [0.717, 1.165) is 46.7 Å². The summed E-state index contributed by atoms with van der Waals surface area (Å²) in [5.41, 5.74) is 3.16. The maximum absolute atomic E-state index is 14.0. The zero-order chi connectivity index (χ0) is 28.0. The SMILES string of the molecule is Cc1cccc(N(CC(=O)N(Cc2ccccc2C)[C@@H](C)C(=O)NC2CCCC2)S(=O)(=O)c2ccccc2)c1. The standard InChI is InChI=1S/C31H37N3O4S/c1-23-12-11-17-28(20-23)34(39(37,38)29-18-5-4-6-19-29)22-30(35)33(21-26-14-8-7-13-24(26)2)25(3)31(36)32-27-15-9-10-16-27/h4-8,11-14,17-20,25,27H,9-10,15-16,21-22H2,1-3H3,(H,32,36)/t25-/m0/s1. The van der Waals surface area contributed by atoms with Crippen molar-refractivity contribution in [3.63, 3.8) is 0 Å². The topological polar surface area (TPSA) is 86.8 Å². The number of hydrogen-bond donors (Lipinski definition) is 1. The molecule has 39 heavy (non-hydrogen) atoms. The maximum atomic E-state index is 14.0. The highest BCUT2D eigenvalue weighted by Crippen LogP contribution is 2.26. The van der Waals surface area contributed by atoms with E-state index < -0.39 is 28.5 Å². The van der Waals surface area contributed by atoms with Gasteiger partial charge in [-0.3, -0.25) is 13.9 Å². The molecule has 2 amide bonds. The van der Waals surface area contributed by atoms with Crippen molar-refractivity contribution in [1.29, 1.82) is 0 Å². The van der Waals surface area contributed by atoms with E-state index in [1.165, 1.54) is 17.0 Å². The number of sulfonamides is 1. The van der Waals surface area contributed by atoms with Crippen LogP contribution in [0.4, 0.5) is 5.69 Å². The molecule has 0 unspecified atom stereocenters. The van der Waals surface area contributed by atoms with Crippen LogP contribution in [0.5, 0.6) is 0 Å². The van der Waals surface area contributed by atoms with Gasteiger partial charge in [0.1, 0.15) is 12.6 Å². The van der Waals surface area contributed by atoms with Crippen LogP contribution in [0.2, 0.25) is 0 Å². The van der Waals surface area contributed by atoms with Gasteiger partial charge in [0, 0.05) is 12.6 Å². The summed E-state index contributed by atoms with van der Waals surface area (Å²) >= 11 is 0. The van der Waals surface area contributed by atoms with Crippen LogP contribution in [0.25, 0.3) is 0 Å². The number of nitrogens with zero attached hydrogens (tertiary/aromatic N) is 2. The lowest BCUT2D eigenvalue weighted by atomic mass is 10.1. The Kier molecular flexibility index (Phi) is 9.07. The van der Waals surface area contributed by atoms with Crippen molar-refractivity contribution in [3.05, 3.63) is 95.6 Å². The highest BCUT2D eigenvalue weighted by molar-refractivity contribution is 7.92. The van der Waals surface area contributed by atoms with Crippen molar-refractivity contribution in [1.82, 2.24) is 10.2 Å². The van der Waals surface area contributed by atoms with E-state index in [-0.39, 0.29) is 23.4 Å². The average Bonchev–Trinajstić information content (AvgIpc) is 3.44. The van der Waals surface area contributed by atoms with Gasteiger partial charge in [-0.25, -0.2) is 8.42 Å². The molecule has 3 aromatic rings. The summed E-state index contributed by atoms with van der Waals surface area (Å²) in [7, 11) is -4.06. The molecule has 0 radical (unpaired) electrons. The minimum atomic E-state index is -4.06. The number of aryl methyl sites for hydroxylation is 2. The smallest absolute Gasteiger partial charge is 0.264 e. The van der Waals surface area contributed by atoms with Crippen LogP contribution in [-0.4, -0.2) is 43.8 Å². The highest BCUT2D eigenvalue weighted by atomic mass is 32.2. The van der Waals surface area contributed by atoms with Crippen LogP contribution < -0.4 is 9.62 Å². The number of hydrogen-bond acceptors (Lipinski definition) is 4. The Labute approximate surface area is 231 Å². The lowest BCUT2D eigenvalue weighted by Crippen LogP contribution is -2.52. The Morgan fingerprint density at radius 1 is 0.923 bits per heavy atom. The molecule has 0 spiro atoms. The van der Waals surface area contributed by atoms with Gasteiger partial charge in [-0.15, -0.1) is 0 Å². The molecular weight excluding hydrogens is 510 g/mol. The minimum absolute atomic E-state index is 0.0942. The van der Waals surface area contributed by atoms with Crippen molar-refractivity contribution in [3.8, 4) is 0 Å². The molecule has 1 N–H and O–H groups in total. The molecule has 7 nitrogen and oxygen atoms in total. The summed E-state index contributed by atoms with van der Waals surface area (Å²) in [5.74, 6) is -0.676. The molecule has 0 saturated heterocycles. The molecule has 1 fully saturated rings. The molecular formula is C31H37N3O4S. The summed E-state index contributed by atoms with van der Waals surface area (Å²) in [6.07, 6.45) is 4.02. The molecule has 0 aromatic heterocycles. The maximum Gasteiger partial charge on any atom is 0.264 e. The molecule has 1 aliphatic carbocycles. The Balaban J connectivity index is 1.69. The number of carbonyl (C=O) groups excluding carboxylic acids is 2. The van der Waals surface area contributed by atoms with Gasteiger partial charge >= 0.3 is 0 Å². The number of benzene rings is 3. The van der Waals surface area contributed by atoms with Crippen molar-refractivity contribution < 1.29 is 18.0 Å². The molecule has 3 aromatic carbocycles. The van der Waals surface area contributed by atoms with E-state index >= 15 is 0 Å². The predicted octanol–water partition coefficient (Wildman–Crippen LogP) is 4.97. The van der Waals surface area contributed by atoms with Gasteiger partial charge < -0.3 is 10.2 Å². The first-order valence-electron chi connectivity index (χ1n) is 13.5. The second-order valence-electron chi connectivity index (χ2n) is 10.3. The van der Waals surface area contributed by atoms with Crippen LogP contribution >= 0.6 is 0 Å². The zero-order valence-electron chi connectivity index (χ0n) is 22.8. The first-order chi connectivity index (χ1) is 18.7. The van der Waals surface area contributed by atoms with Crippen molar-refractivity contribution in [2.45, 2.75) is 70.0 Å². The lowest BCUT2D eigenvalue weighted by molar-refractivity contribution is -0.139. The van der Waals surface area contributed by atoms with Gasteiger partial charge in [-0.05, 0) is 74.6 Å². The third-order valence-corrected chi connectivity index (χ3v) is 9.16. The predicted molar refractivity (Wildman–Crippen MR) is 154 cm³/mol. The normalized spacial score (nSPS) is 14.5. The van der Waals surface area contributed by atoms with Crippen LogP contribution in [0.15, 0.2) is 83.8 Å². The summed E-state index contributed by atoms with van der Waals surface area (Å²) in [5, 5.41) is 3.10.